The number of halogens is 1. The van der Waals surface area contributed by atoms with Crippen LogP contribution in [-0.2, 0) is 0 Å². The van der Waals surface area contributed by atoms with Crippen molar-refractivity contribution in [1.82, 2.24) is 10.3 Å². The highest BCUT2D eigenvalue weighted by molar-refractivity contribution is 9.10. The molecular weight excluding hydrogens is 290 g/mol. The Kier molecular flexibility index (Phi) is 3.32. The Morgan fingerprint density at radius 2 is 2.33 bits per heavy atom. The molecule has 0 bridgehead atoms. The highest BCUT2D eigenvalue weighted by atomic mass is 79.9. The molecule has 2 fully saturated rings. The summed E-state index contributed by atoms with van der Waals surface area (Å²) in [6.07, 6.45) is 8.39. The zero-order valence-electron chi connectivity index (χ0n) is 10.8. The zero-order valence-corrected chi connectivity index (χ0v) is 12.4. The van der Waals surface area contributed by atoms with Crippen LogP contribution in [0.2, 0.25) is 0 Å². The van der Waals surface area contributed by atoms with Crippen LogP contribution in [0.25, 0.3) is 0 Å². The first-order chi connectivity index (χ1) is 8.67. The van der Waals surface area contributed by atoms with E-state index in [-0.39, 0.29) is 0 Å². The Morgan fingerprint density at radius 3 is 3.00 bits per heavy atom. The van der Waals surface area contributed by atoms with Crippen LogP contribution in [0.3, 0.4) is 0 Å². The summed E-state index contributed by atoms with van der Waals surface area (Å²) in [5.74, 6) is 1.01. The summed E-state index contributed by atoms with van der Waals surface area (Å²) in [6, 6.07) is 2.69. The van der Waals surface area contributed by atoms with Crippen molar-refractivity contribution in [3.05, 3.63) is 22.3 Å². The van der Waals surface area contributed by atoms with Gasteiger partial charge in [-0.05, 0) is 73.1 Å². The fourth-order valence-electron chi connectivity index (χ4n) is 3.09. The zero-order chi connectivity index (χ0) is 12.6. The maximum Gasteiger partial charge on any atom is 0.126 e. The molecule has 1 spiro atoms. The lowest BCUT2D eigenvalue weighted by atomic mass is 9.70. The van der Waals surface area contributed by atoms with Crippen molar-refractivity contribution in [3.63, 3.8) is 0 Å². The van der Waals surface area contributed by atoms with Crippen molar-refractivity contribution in [1.29, 1.82) is 0 Å². The molecule has 1 aromatic rings. The molecule has 1 aromatic heterocycles. The molecule has 1 saturated carbocycles. The quantitative estimate of drug-likeness (QED) is 0.880. The van der Waals surface area contributed by atoms with E-state index in [1.165, 1.54) is 37.7 Å². The fraction of sp³-hybridized carbons (Fsp3) is 0.643. The molecule has 4 heteroatoms. The summed E-state index contributed by atoms with van der Waals surface area (Å²) < 4.78 is 1.08. The maximum absolute atomic E-state index is 4.45. The van der Waals surface area contributed by atoms with E-state index in [0.29, 0.717) is 11.6 Å². The van der Waals surface area contributed by atoms with Crippen molar-refractivity contribution in [2.24, 2.45) is 0 Å². The van der Waals surface area contributed by atoms with E-state index in [2.05, 4.69) is 44.5 Å². The topological polar surface area (TPSA) is 37.0 Å². The van der Waals surface area contributed by atoms with Crippen molar-refractivity contribution >= 4 is 21.7 Å². The van der Waals surface area contributed by atoms with Gasteiger partial charge >= 0.3 is 0 Å². The number of hydrogen-bond donors (Lipinski definition) is 2. The molecule has 0 amide bonds. The van der Waals surface area contributed by atoms with Gasteiger partial charge in [-0.15, -0.1) is 0 Å². The van der Waals surface area contributed by atoms with Gasteiger partial charge in [-0.1, -0.05) is 0 Å². The number of pyridine rings is 1. The largest absolute Gasteiger partial charge is 0.367 e. The van der Waals surface area contributed by atoms with E-state index < -0.39 is 0 Å². The Morgan fingerprint density at radius 1 is 1.50 bits per heavy atom. The predicted molar refractivity (Wildman–Crippen MR) is 77.9 cm³/mol. The van der Waals surface area contributed by atoms with Crippen LogP contribution in [0.15, 0.2) is 16.7 Å². The standard InChI is InChI=1S/C14H20BrN3/c1-10-7-13(16-9-12(10)15)18-11-3-6-17-14(8-11)4-2-5-14/h7,9,11,17H,2-6,8H2,1H3,(H,16,18). The minimum Gasteiger partial charge on any atom is -0.367 e. The first-order valence-corrected chi connectivity index (χ1v) is 7.60. The van der Waals surface area contributed by atoms with Crippen molar-refractivity contribution in [2.75, 3.05) is 11.9 Å². The van der Waals surface area contributed by atoms with Crippen LogP contribution in [-0.4, -0.2) is 23.1 Å². The van der Waals surface area contributed by atoms with E-state index in [9.17, 15) is 0 Å². The third kappa shape index (κ3) is 2.41. The second-order valence-electron chi connectivity index (χ2n) is 5.71. The smallest absolute Gasteiger partial charge is 0.126 e. The van der Waals surface area contributed by atoms with Gasteiger partial charge in [0.1, 0.15) is 5.82 Å². The molecule has 0 radical (unpaired) electrons. The van der Waals surface area contributed by atoms with E-state index in [1.807, 2.05) is 6.20 Å². The average Bonchev–Trinajstić information content (AvgIpc) is 2.32. The SMILES string of the molecule is Cc1cc(NC2CCNC3(CCC3)C2)ncc1Br. The Bertz CT molecular complexity index is 443. The normalized spacial score (nSPS) is 25.8. The highest BCUT2D eigenvalue weighted by Gasteiger charge is 2.40. The van der Waals surface area contributed by atoms with Crippen molar-refractivity contribution in [3.8, 4) is 0 Å². The number of nitrogens with one attached hydrogen (secondary N) is 2. The van der Waals surface area contributed by atoms with E-state index in [1.54, 1.807) is 0 Å². The molecule has 1 aliphatic carbocycles. The average molecular weight is 310 g/mol. The first kappa shape index (κ1) is 12.4. The number of aryl methyl sites for hydroxylation is 1. The first-order valence-electron chi connectivity index (χ1n) is 6.81. The van der Waals surface area contributed by atoms with Gasteiger partial charge in [0.15, 0.2) is 0 Å². The van der Waals surface area contributed by atoms with Gasteiger partial charge in [-0.3, -0.25) is 0 Å². The molecule has 1 unspecified atom stereocenters. The molecule has 98 valence electrons. The van der Waals surface area contributed by atoms with Crippen LogP contribution < -0.4 is 10.6 Å². The van der Waals surface area contributed by atoms with E-state index in [4.69, 9.17) is 0 Å². The lowest BCUT2D eigenvalue weighted by molar-refractivity contribution is 0.135. The summed E-state index contributed by atoms with van der Waals surface area (Å²) in [6.45, 7) is 3.24. The molecule has 0 aromatic carbocycles. The number of hydrogen-bond acceptors (Lipinski definition) is 3. The van der Waals surface area contributed by atoms with Crippen LogP contribution in [0, 0.1) is 6.92 Å². The fourth-order valence-corrected chi connectivity index (χ4v) is 3.31. The summed E-state index contributed by atoms with van der Waals surface area (Å²) >= 11 is 3.49. The predicted octanol–water partition coefficient (Wildman–Crippen LogP) is 3.24. The summed E-state index contributed by atoms with van der Waals surface area (Å²) in [5, 5.41) is 7.30. The third-order valence-corrected chi connectivity index (χ3v) is 5.17. The minimum absolute atomic E-state index is 0.445. The molecule has 2 heterocycles. The van der Waals surface area contributed by atoms with Crippen LogP contribution in [0.4, 0.5) is 5.82 Å². The molecular formula is C14H20BrN3. The molecule has 1 saturated heterocycles. The monoisotopic (exact) mass is 309 g/mol. The summed E-state index contributed by atoms with van der Waals surface area (Å²) in [4.78, 5) is 4.45. The Balaban J connectivity index is 1.66. The minimum atomic E-state index is 0.445. The van der Waals surface area contributed by atoms with Crippen LogP contribution in [0.5, 0.6) is 0 Å². The maximum atomic E-state index is 4.45. The molecule has 3 nitrogen and oxygen atoms in total. The summed E-state index contributed by atoms with van der Waals surface area (Å²) in [7, 11) is 0. The van der Waals surface area contributed by atoms with Crippen LogP contribution >= 0.6 is 15.9 Å². The van der Waals surface area contributed by atoms with Crippen molar-refractivity contribution < 1.29 is 0 Å². The van der Waals surface area contributed by atoms with E-state index >= 15 is 0 Å². The molecule has 2 aliphatic rings. The van der Waals surface area contributed by atoms with Crippen molar-refractivity contribution in [2.45, 2.75) is 50.6 Å². The number of piperidine rings is 1. The molecule has 3 rings (SSSR count). The highest BCUT2D eigenvalue weighted by Crippen LogP contribution is 2.38. The van der Waals surface area contributed by atoms with Gasteiger partial charge in [0.05, 0.1) is 0 Å². The lowest BCUT2D eigenvalue weighted by Gasteiger charge is -2.48. The molecule has 1 atom stereocenters. The van der Waals surface area contributed by atoms with Gasteiger partial charge in [0, 0.05) is 22.3 Å². The van der Waals surface area contributed by atoms with Crippen LogP contribution in [0.1, 0.15) is 37.7 Å². The summed E-state index contributed by atoms with van der Waals surface area (Å²) in [5.41, 5.74) is 1.68. The molecule has 1 aliphatic heterocycles. The van der Waals surface area contributed by atoms with Gasteiger partial charge in [0.25, 0.3) is 0 Å². The second-order valence-corrected chi connectivity index (χ2v) is 6.57. The third-order valence-electron chi connectivity index (χ3n) is 4.34. The van der Waals surface area contributed by atoms with Gasteiger partial charge < -0.3 is 10.6 Å². The van der Waals surface area contributed by atoms with Gasteiger partial charge in [0.2, 0.25) is 0 Å². The van der Waals surface area contributed by atoms with E-state index in [0.717, 1.165) is 16.8 Å². The lowest BCUT2D eigenvalue weighted by Crippen LogP contribution is -2.58. The molecule has 18 heavy (non-hydrogen) atoms. The van der Waals surface area contributed by atoms with Gasteiger partial charge in [-0.25, -0.2) is 4.98 Å². The number of nitrogens with zero attached hydrogens (tertiary/aromatic N) is 1. The Hall–Kier alpha value is -0.610. The number of anilines is 1. The number of aromatic nitrogens is 1. The number of rotatable bonds is 2. The molecule has 2 N–H and O–H groups in total. The Labute approximate surface area is 117 Å². The van der Waals surface area contributed by atoms with Gasteiger partial charge in [-0.2, -0.15) is 0 Å². The second kappa shape index (κ2) is 4.82.